The molecule has 0 aromatic heterocycles. The van der Waals surface area contributed by atoms with Gasteiger partial charge >= 0.3 is 0 Å². The highest BCUT2D eigenvalue weighted by atomic mass is 35.5. The predicted octanol–water partition coefficient (Wildman–Crippen LogP) is 4.81. The molecule has 2 amide bonds. The smallest absolute Gasteiger partial charge is 0.244 e. The number of amides is 2. The molecule has 1 unspecified atom stereocenters. The van der Waals surface area contributed by atoms with Crippen LogP contribution in [0.15, 0.2) is 78.9 Å². The molecule has 3 aromatic rings. The molecular formula is C31H36ClN3O5S. The van der Waals surface area contributed by atoms with Crippen molar-refractivity contribution in [1.29, 1.82) is 0 Å². The molecule has 218 valence electrons. The van der Waals surface area contributed by atoms with Crippen molar-refractivity contribution in [3.05, 3.63) is 95.0 Å². The first-order chi connectivity index (χ1) is 19.6. The Balaban J connectivity index is 1.71. The summed E-state index contributed by atoms with van der Waals surface area (Å²) in [4.78, 5) is 29.5. The fraction of sp³-hybridized carbons (Fsp3) is 0.355. The van der Waals surface area contributed by atoms with E-state index >= 15 is 0 Å². The van der Waals surface area contributed by atoms with Gasteiger partial charge in [0.15, 0.2) is 0 Å². The molecule has 8 nitrogen and oxygen atoms in total. The highest BCUT2D eigenvalue weighted by molar-refractivity contribution is 7.92. The van der Waals surface area contributed by atoms with Crippen LogP contribution in [-0.4, -0.2) is 57.1 Å². The van der Waals surface area contributed by atoms with Crippen molar-refractivity contribution in [2.45, 2.75) is 50.7 Å². The van der Waals surface area contributed by atoms with Crippen LogP contribution in [0.2, 0.25) is 5.02 Å². The Morgan fingerprint density at radius 1 is 0.951 bits per heavy atom. The summed E-state index contributed by atoms with van der Waals surface area (Å²) in [7, 11) is -2.32. The second kappa shape index (κ2) is 13.9. The lowest BCUT2D eigenvalue weighted by Gasteiger charge is -2.34. The maximum absolute atomic E-state index is 14.1. The minimum atomic E-state index is -3.84. The lowest BCUT2D eigenvalue weighted by molar-refractivity contribution is -0.140. The van der Waals surface area contributed by atoms with Crippen LogP contribution >= 0.6 is 11.6 Å². The number of ether oxygens (including phenoxy) is 1. The standard InChI is InChI=1S/C31H36ClN3O5S/c1-40-28-18-16-27(17-19-28)35(41(2,38)39)22-30(36)34(21-24-12-14-25(32)15-13-24)29(20-23-8-4-3-5-9-23)31(37)33-26-10-6-7-11-26/h3-5,8-9,12-19,26,29H,6-7,10-11,20-22H2,1-2H3,(H,33,37). The predicted molar refractivity (Wildman–Crippen MR) is 162 cm³/mol. The van der Waals surface area contributed by atoms with E-state index in [0.717, 1.165) is 47.4 Å². The molecule has 1 aliphatic rings. The largest absolute Gasteiger partial charge is 0.497 e. The first-order valence-corrected chi connectivity index (χ1v) is 15.9. The maximum Gasteiger partial charge on any atom is 0.244 e. The van der Waals surface area contributed by atoms with Gasteiger partial charge < -0.3 is 15.0 Å². The third-order valence-corrected chi connectivity index (χ3v) is 8.67. The van der Waals surface area contributed by atoms with E-state index in [9.17, 15) is 18.0 Å². The van der Waals surface area contributed by atoms with Gasteiger partial charge in [0.2, 0.25) is 21.8 Å². The first kappa shape index (κ1) is 30.4. The van der Waals surface area contributed by atoms with Crippen molar-refractivity contribution in [2.24, 2.45) is 0 Å². The number of halogens is 1. The van der Waals surface area contributed by atoms with Crippen LogP contribution < -0.4 is 14.4 Å². The van der Waals surface area contributed by atoms with Crippen LogP contribution in [0.4, 0.5) is 5.69 Å². The quantitative estimate of drug-likeness (QED) is 0.323. The summed E-state index contributed by atoms with van der Waals surface area (Å²) < 4.78 is 32.0. The molecule has 4 rings (SSSR count). The zero-order chi connectivity index (χ0) is 29.4. The molecule has 1 aliphatic carbocycles. The van der Waals surface area contributed by atoms with Gasteiger partial charge in [0.25, 0.3) is 0 Å². The van der Waals surface area contributed by atoms with E-state index in [1.54, 1.807) is 48.5 Å². The number of carbonyl (C=O) groups excluding carboxylic acids is 2. The van der Waals surface area contributed by atoms with Crippen molar-refractivity contribution in [3.8, 4) is 5.75 Å². The average Bonchev–Trinajstić information content (AvgIpc) is 3.47. The average molecular weight is 598 g/mol. The minimum Gasteiger partial charge on any atom is -0.497 e. The van der Waals surface area contributed by atoms with Gasteiger partial charge in [-0.25, -0.2) is 8.42 Å². The van der Waals surface area contributed by atoms with Crippen LogP contribution in [0.3, 0.4) is 0 Å². The summed E-state index contributed by atoms with van der Waals surface area (Å²) in [6, 6.07) is 22.2. The van der Waals surface area contributed by atoms with E-state index in [1.165, 1.54) is 12.0 Å². The second-order valence-electron chi connectivity index (χ2n) is 10.3. The summed E-state index contributed by atoms with van der Waals surface area (Å²) in [5.41, 5.74) is 1.98. The number of nitrogens with zero attached hydrogens (tertiary/aromatic N) is 2. The van der Waals surface area contributed by atoms with Gasteiger partial charge in [-0.1, -0.05) is 66.9 Å². The number of nitrogens with one attached hydrogen (secondary N) is 1. The van der Waals surface area contributed by atoms with Gasteiger partial charge in [-0.2, -0.15) is 0 Å². The Morgan fingerprint density at radius 2 is 1.59 bits per heavy atom. The molecule has 3 aromatic carbocycles. The van der Waals surface area contributed by atoms with E-state index in [-0.39, 0.29) is 24.9 Å². The third-order valence-electron chi connectivity index (χ3n) is 7.28. The molecule has 0 aliphatic heterocycles. The van der Waals surface area contributed by atoms with Crippen LogP contribution in [0, 0.1) is 0 Å². The number of benzene rings is 3. The van der Waals surface area contributed by atoms with Gasteiger partial charge in [0.1, 0.15) is 18.3 Å². The summed E-state index contributed by atoms with van der Waals surface area (Å²) in [6.07, 6.45) is 5.23. The zero-order valence-corrected chi connectivity index (χ0v) is 24.9. The summed E-state index contributed by atoms with van der Waals surface area (Å²) >= 11 is 6.11. The number of hydrogen-bond donors (Lipinski definition) is 1. The number of rotatable bonds is 12. The molecule has 41 heavy (non-hydrogen) atoms. The highest BCUT2D eigenvalue weighted by Gasteiger charge is 2.34. The lowest BCUT2D eigenvalue weighted by Crippen LogP contribution is -2.54. The SMILES string of the molecule is COc1ccc(N(CC(=O)N(Cc2ccc(Cl)cc2)C(Cc2ccccc2)C(=O)NC2CCCC2)S(C)(=O)=O)cc1. The van der Waals surface area contributed by atoms with Crippen LogP contribution in [0.5, 0.6) is 5.75 Å². The van der Waals surface area contributed by atoms with Crippen molar-refractivity contribution in [3.63, 3.8) is 0 Å². The highest BCUT2D eigenvalue weighted by Crippen LogP contribution is 2.24. The number of anilines is 1. The van der Waals surface area contributed by atoms with Gasteiger partial charge in [-0.15, -0.1) is 0 Å². The molecule has 10 heteroatoms. The van der Waals surface area contributed by atoms with Gasteiger partial charge in [0, 0.05) is 24.0 Å². The summed E-state index contributed by atoms with van der Waals surface area (Å²) in [5.74, 6) is -0.188. The van der Waals surface area contributed by atoms with E-state index in [1.807, 2.05) is 30.3 Å². The fourth-order valence-electron chi connectivity index (χ4n) is 5.07. The molecule has 1 N–H and O–H groups in total. The molecule has 0 bridgehead atoms. The van der Waals surface area contributed by atoms with Crippen molar-refractivity contribution >= 4 is 39.1 Å². The normalized spacial score (nSPS) is 14.3. The molecule has 0 heterocycles. The van der Waals surface area contributed by atoms with Crippen LogP contribution in [0.25, 0.3) is 0 Å². The van der Waals surface area contributed by atoms with E-state index < -0.39 is 28.5 Å². The zero-order valence-electron chi connectivity index (χ0n) is 23.3. The number of carbonyl (C=O) groups is 2. The first-order valence-electron chi connectivity index (χ1n) is 13.6. The molecule has 1 atom stereocenters. The van der Waals surface area contributed by atoms with Crippen molar-refractivity contribution < 1.29 is 22.7 Å². The van der Waals surface area contributed by atoms with Gasteiger partial charge in [-0.05, 0) is 60.4 Å². The summed E-state index contributed by atoms with van der Waals surface area (Å²) in [5, 5.41) is 3.71. The molecule has 1 fully saturated rings. The van der Waals surface area contributed by atoms with Gasteiger partial charge in [0.05, 0.1) is 19.1 Å². The Bertz CT molecular complexity index is 1410. The van der Waals surface area contributed by atoms with E-state index in [4.69, 9.17) is 16.3 Å². The number of sulfonamides is 1. The number of methoxy groups -OCH3 is 1. The Labute approximate surface area is 247 Å². The molecule has 0 spiro atoms. The van der Waals surface area contributed by atoms with Gasteiger partial charge in [-0.3, -0.25) is 13.9 Å². The molecule has 0 radical (unpaired) electrons. The van der Waals surface area contributed by atoms with Crippen LogP contribution in [-0.2, 0) is 32.6 Å². The summed E-state index contributed by atoms with van der Waals surface area (Å²) in [6.45, 7) is -0.368. The molecule has 1 saturated carbocycles. The Morgan fingerprint density at radius 3 is 2.17 bits per heavy atom. The molecular weight excluding hydrogens is 562 g/mol. The monoisotopic (exact) mass is 597 g/mol. The fourth-order valence-corrected chi connectivity index (χ4v) is 6.05. The van der Waals surface area contributed by atoms with Crippen LogP contribution in [0.1, 0.15) is 36.8 Å². The van der Waals surface area contributed by atoms with Crippen molar-refractivity contribution in [2.75, 3.05) is 24.2 Å². The van der Waals surface area contributed by atoms with E-state index in [2.05, 4.69) is 5.32 Å². The van der Waals surface area contributed by atoms with Crippen molar-refractivity contribution in [1.82, 2.24) is 10.2 Å². The second-order valence-corrected chi connectivity index (χ2v) is 12.7. The maximum atomic E-state index is 14.1. The van der Waals surface area contributed by atoms with E-state index in [0.29, 0.717) is 16.5 Å². The molecule has 0 saturated heterocycles. The topological polar surface area (TPSA) is 96.0 Å². The Hall–Kier alpha value is -3.56. The lowest BCUT2D eigenvalue weighted by atomic mass is 10.0. The Kier molecular flexibility index (Phi) is 10.3. The third kappa shape index (κ3) is 8.47. The number of hydrogen-bond acceptors (Lipinski definition) is 5. The minimum absolute atomic E-state index is 0.0556.